The highest BCUT2D eigenvalue weighted by atomic mass is 16.1. The summed E-state index contributed by atoms with van der Waals surface area (Å²) in [5, 5.41) is 0. The lowest BCUT2D eigenvalue weighted by molar-refractivity contribution is 0.0820. The van der Waals surface area contributed by atoms with Crippen molar-refractivity contribution in [3.8, 4) is 0 Å². The first-order valence-electron chi connectivity index (χ1n) is 5.77. The average Bonchev–Trinajstić information content (AvgIpc) is 2.33. The minimum absolute atomic E-state index is 0.0252. The first-order chi connectivity index (χ1) is 8.04. The molecule has 0 bridgehead atoms. The first kappa shape index (κ1) is 11.7. The molecule has 1 aliphatic rings. The normalized spacial score (nSPS) is 19.1. The van der Waals surface area contributed by atoms with Crippen LogP contribution >= 0.6 is 0 Å². The van der Waals surface area contributed by atoms with Crippen LogP contribution in [0.5, 0.6) is 0 Å². The molecule has 1 unspecified atom stereocenters. The Morgan fingerprint density at radius 3 is 2.59 bits per heavy atom. The minimum Gasteiger partial charge on any atom is -0.295 e. The van der Waals surface area contributed by atoms with E-state index in [0.717, 1.165) is 0 Å². The number of Topliss-reactive ketones (excluding diaryl/α,β-unsaturated/α-hetero) is 3. The molecule has 1 atom stereocenters. The predicted octanol–water partition coefficient (Wildman–Crippen LogP) is 2.68. The maximum absolute atomic E-state index is 12.0. The van der Waals surface area contributed by atoms with Gasteiger partial charge in [0.15, 0.2) is 17.3 Å². The molecule has 0 aliphatic heterocycles. The molecule has 0 amide bonds. The van der Waals surface area contributed by atoms with Gasteiger partial charge >= 0.3 is 0 Å². The lowest BCUT2D eigenvalue weighted by Gasteiger charge is -2.21. The monoisotopic (exact) mass is 230 g/mol. The topological polar surface area (TPSA) is 51.2 Å². The Labute approximate surface area is 99.8 Å². The van der Waals surface area contributed by atoms with Gasteiger partial charge in [0.05, 0.1) is 0 Å². The molecule has 0 saturated carbocycles. The van der Waals surface area contributed by atoms with Crippen LogP contribution in [-0.4, -0.2) is 17.3 Å². The number of carbonyl (C=O) groups is 3. The van der Waals surface area contributed by atoms with Crippen LogP contribution in [0.1, 0.15) is 57.8 Å². The Morgan fingerprint density at radius 1 is 1.29 bits per heavy atom. The third-order valence-electron chi connectivity index (χ3n) is 3.29. The molecule has 0 radical (unpaired) electrons. The number of ketones is 3. The van der Waals surface area contributed by atoms with Crippen LogP contribution < -0.4 is 0 Å². The lowest BCUT2D eigenvalue weighted by atomic mass is 9.80. The number of benzene rings is 1. The van der Waals surface area contributed by atoms with Gasteiger partial charge in [-0.15, -0.1) is 0 Å². The molecule has 0 saturated heterocycles. The van der Waals surface area contributed by atoms with Gasteiger partial charge in [-0.2, -0.15) is 0 Å². The van der Waals surface area contributed by atoms with Crippen molar-refractivity contribution in [1.29, 1.82) is 0 Å². The van der Waals surface area contributed by atoms with Crippen LogP contribution in [0.4, 0.5) is 0 Å². The number of hydrogen-bond donors (Lipinski definition) is 0. The summed E-state index contributed by atoms with van der Waals surface area (Å²) in [6.45, 7) is 3.36. The maximum Gasteiger partial charge on any atom is 0.167 e. The molecule has 0 aromatic heterocycles. The van der Waals surface area contributed by atoms with E-state index in [4.69, 9.17) is 0 Å². The third kappa shape index (κ3) is 1.93. The smallest absolute Gasteiger partial charge is 0.167 e. The highest BCUT2D eigenvalue weighted by Gasteiger charge is 2.31. The fraction of sp³-hybridized carbons (Fsp3) is 0.357. The van der Waals surface area contributed by atoms with Crippen molar-refractivity contribution in [1.82, 2.24) is 0 Å². The van der Waals surface area contributed by atoms with Crippen LogP contribution in [0.3, 0.4) is 0 Å². The van der Waals surface area contributed by atoms with Gasteiger partial charge in [0.2, 0.25) is 0 Å². The molecule has 0 heterocycles. The van der Waals surface area contributed by atoms with E-state index in [1.807, 2.05) is 6.92 Å². The van der Waals surface area contributed by atoms with E-state index in [1.165, 1.54) is 6.92 Å². The zero-order valence-corrected chi connectivity index (χ0v) is 9.95. The zero-order valence-electron chi connectivity index (χ0n) is 9.95. The van der Waals surface area contributed by atoms with Gasteiger partial charge < -0.3 is 0 Å². The van der Waals surface area contributed by atoms with E-state index < -0.39 is 0 Å². The summed E-state index contributed by atoms with van der Waals surface area (Å²) in [5.74, 6) is -0.296. The van der Waals surface area contributed by atoms with Crippen LogP contribution in [-0.2, 0) is 0 Å². The van der Waals surface area contributed by atoms with E-state index >= 15 is 0 Å². The van der Waals surface area contributed by atoms with Crippen molar-refractivity contribution in [3.05, 3.63) is 34.9 Å². The van der Waals surface area contributed by atoms with Gasteiger partial charge in [0.25, 0.3) is 0 Å². The SMILES string of the molecule is CCC1CC(=O)c2cc(C(C)=O)ccc2C1=O. The van der Waals surface area contributed by atoms with Gasteiger partial charge in [-0.05, 0) is 25.5 Å². The molecule has 3 heteroatoms. The zero-order chi connectivity index (χ0) is 12.6. The highest BCUT2D eigenvalue weighted by Crippen LogP contribution is 2.28. The molecule has 17 heavy (non-hydrogen) atoms. The van der Waals surface area contributed by atoms with Crippen LogP contribution in [0.25, 0.3) is 0 Å². The summed E-state index contributed by atoms with van der Waals surface area (Å²) in [5.41, 5.74) is 1.37. The summed E-state index contributed by atoms with van der Waals surface area (Å²) in [6, 6.07) is 4.77. The fourth-order valence-corrected chi connectivity index (χ4v) is 2.18. The van der Waals surface area contributed by atoms with Crippen LogP contribution in [0, 0.1) is 5.92 Å². The maximum atomic E-state index is 12.0. The fourth-order valence-electron chi connectivity index (χ4n) is 2.18. The van der Waals surface area contributed by atoms with Crippen LogP contribution in [0.2, 0.25) is 0 Å². The summed E-state index contributed by atoms with van der Waals surface area (Å²) < 4.78 is 0. The van der Waals surface area contributed by atoms with Crippen molar-refractivity contribution in [2.75, 3.05) is 0 Å². The molecule has 3 nitrogen and oxygen atoms in total. The second-order valence-corrected chi connectivity index (χ2v) is 4.41. The van der Waals surface area contributed by atoms with E-state index in [9.17, 15) is 14.4 Å². The Balaban J connectivity index is 2.53. The molecule has 1 aromatic carbocycles. The van der Waals surface area contributed by atoms with Gasteiger partial charge in [-0.1, -0.05) is 13.0 Å². The minimum atomic E-state index is -0.196. The van der Waals surface area contributed by atoms with Crippen molar-refractivity contribution in [2.24, 2.45) is 5.92 Å². The molecule has 0 N–H and O–H groups in total. The van der Waals surface area contributed by atoms with Crippen LogP contribution in [0.15, 0.2) is 18.2 Å². The predicted molar refractivity (Wildman–Crippen MR) is 63.5 cm³/mol. The first-order valence-corrected chi connectivity index (χ1v) is 5.77. The van der Waals surface area contributed by atoms with Gasteiger partial charge in [-0.3, -0.25) is 14.4 Å². The second-order valence-electron chi connectivity index (χ2n) is 4.41. The van der Waals surface area contributed by atoms with Crippen molar-refractivity contribution in [3.63, 3.8) is 0 Å². The lowest BCUT2D eigenvalue weighted by Crippen LogP contribution is -2.26. The number of hydrogen-bond acceptors (Lipinski definition) is 3. The number of carbonyl (C=O) groups excluding carboxylic acids is 3. The highest BCUT2D eigenvalue weighted by molar-refractivity contribution is 6.15. The Morgan fingerprint density at radius 2 is 2.00 bits per heavy atom. The second kappa shape index (κ2) is 4.24. The average molecular weight is 230 g/mol. The summed E-state index contributed by atoms with van der Waals surface area (Å²) in [6.07, 6.45) is 0.947. The molecular formula is C14H14O3. The van der Waals surface area contributed by atoms with Crippen molar-refractivity contribution in [2.45, 2.75) is 26.7 Å². The molecule has 88 valence electrons. The largest absolute Gasteiger partial charge is 0.295 e. The third-order valence-corrected chi connectivity index (χ3v) is 3.29. The van der Waals surface area contributed by atoms with Crippen molar-refractivity contribution < 1.29 is 14.4 Å². The standard InChI is InChI=1S/C14H14O3/c1-3-9-7-13(16)12-6-10(8(2)15)4-5-11(12)14(9)17/h4-6,9H,3,7H2,1-2H3. The van der Waals surface area contributed by atoms with E-state index in [2.05, 4.69) is 0 Å². The van der Waals surface area contributed by atoms with Gasteiger partial charge in [-0.25, -0.2) is 0 Å². The Bertz CT molecular complexity index is 514. The Hall–Kier alpha value is -1.77. The molecule has 0 spiro atoms. The number of rotatable bonds is 2. The van der Waals surface area contributed by atoms with E-state index in [1.54, 1.807) is 18.2 Å². The summed E-state index contributed by atoms with van der Waals surface area (Å²) in [4.78, 5) is 35.2. The molecule has 1 aliphatic carbocycles. The van der Waals surface area contributed by atoms with E-state index in [0.29, 0.717) is 23.1 Å². The van der Waals surface area contributed by atoms with E-state index in [-0.39, 0.29) is 29.7 Å². The Kier molecular flexibility index (Phi) is 2.92. The summed E-state index contributed by atoms with van der Waals surface area (Å²) >= 11 is 0. The molecular weight excluding hydrogens is 216 g/mol. The van der Waals surface area contributed by atoms with Gasteiger partial charge in [0, 0.05) is 29.0 Å². The quantitative estimate of drug-likeness (QED) is 0.734. The van der Waals surface area contributed by atoms with Gasteiger partial charge in [0.1, 0.15) is 0 Å². The van der Waals surface area contributed by atoms with Crippen molar-refractivity contribution >= 4 is 17.3 Å². The molecule has 0 fully saturated rings. The molecule has 2 rings (SSSR count). The molecule has 1 aromatic rings. The summed E-state index contributed by atoms with van der Waals surface area (Å²) in [7, 11) is 0. The number of fused-ring (bicyclic) bond motifs is 1.